The summed E-state index contributed by atoms with van der Waals surface area (Å²) in [6.45, 7) is 7.91. The predicted molar refractivity (Wildman–Crippen MR) is 139 cm³/mol. The zero-order valence-electron chi connectivity index (χ0n) is 21.2. The minimum Gasteiger partial charge on any atom is -0.394 e. The molecule has 3 amide bonds. The molecule has 3 heterocycles. The van der Waals surface area contributed by atoms with Gasteiger partial charge in [0.25, 0.3) is 0 Å². The summed E-state index contributed by atoms with van der Waals surface area (Å²) < 4.78 is -0.642. The number of likely N-dealkylation sites (tertiary alicyclic amines) is 1. The number of aliphatic hydroxyl groups is 1. The number of benzene rings is 1. The molecule has 35 heavy (non-hydrogen) atoms. The Morgan fingerprint density at radius 1 is 1.20 bits per heavy atom. The van der Waals surface area contributed by atoms with Gasteiger partial charge in [-0.25, -0.2) is 0 Å². The Balaban J connectivity index is 1.70. The first-order valence-electron chi connectivity index (χ1n) is 13.1. The van der Waals surface area contributed by atoms with Crippen molar-refractivity contribution in [1.82, 2.24) is 10.2 Å². The number of thioether (sulfide) groups is 1. The number of carbonyl (C=O) groups is 3. The highest BCUT2D eigenvalue weighted by Gasteiger charge is 2.74. The zero-order chi connectivity index (χ0) is 25.3. The van der Waals surface area contributed by atoms with E-state index in [1.165, 1.54) is 0 Å². The number of hydrogen-bond donors (Lipinski definition) is 3. The van der Waals surface area contributed by atoms with E-state index in [2.05, 4.69) is 17.6 Å². The maximum absolute atomic E-state index is 14.1. The number of amides is 3. The van der Waals surface area contributed by atoms with Crippen LogP contribution in [-0.4, -0.2) is 62.5 Å². The van der Waals surface area contributed by atoms with Gasteiger partial charge in [0, 0.05) is 17.0 Å². The number of anilines is 1. The summed E-state index contributed by atoms with van der Waals surface area (Å²) in [4.78, 5) is 43.1. The molecule has 1 aromatic carbocycles. The minimum absolute atomic E-state index is 0.00291. The third-order valence-electron chi connectivity index (χ3n) is 8.29. The molecule has 3 aliphatic rings. The third kappa shape index (κ3) is 4.48. The van der Waals surface area contributed by atoms with Crippen LogP contribution in [0.1, 0.15) is 59.8 Å². The molecule has 0 radical (unpaired) electrons. The molecule has 3 unspecified atom stereocenters. The fraction of sp³-hybridized carbons (Fsp3) is 0.667. The van der Waals surface area contributed by atoms with Gasteiger partial charge < -0.3 is 20.6 Å². The van der Waals surface area contributed by atoms with Crippen LogP contribution in [0.5, 0.6) is 0 Å². The third-order valence-corrected chi connectivity index (χ3v) is 10.2. The lowest BCUT2D eigenvalue weighted by molar-refractivity contribution is -0.143. The molecule has 0 saturated carbocycles. The topological polar surface area (TPSA) is 98.7 Å². The normalized spacial score (nSPS) is 31.7. The first kappa shape index (κ1) is 26.0. The van der Waals surface area contributed by atoms with Crippen LogP contribution in [0.2, 0.25) is 0 Å². The second kappa shape index (κ2) is 10.5. The van der Waals surface area contributed by atoms with Gasteiger partial charge in [-0.2, -0.15) is 0 Å². The van der Waals surface area contributed by atoms with Gasteiger partial charge in [0.2, 0.25) is 17.7 Å². The Kier molecular flexibility index (Phi) is 7.81. The Morgan fingerprint density at radius 3 is 2.54 bits per heavy atom. The lowest BCUT2D eigenvalue weighted by Crippen LogP contribution is -2.58. The van der Waals surface area contributed by atoms with Crippen molar-refractivity contribution in [2.45, 2.75) is 87.9 Å². The quantitative estimate of drug-likeness (QED) is 0.456. The summed E-state index contributed by atoms with van der Waals surface area (Å²) in [5, 5.41) is 16.5. The van der Waals surface area contributed by atoms with Gasteiger partial charge in [0.15, 0.2) is 0 Å². The molecule has 192 valence electrons. The summed E-state index contributed by atoms with van der Waals surface area (Å²) >= 11 is 1.66. The van der Waals surface area contributed by atoms with Crippen molar-refractivity contribution in [2.24, 2.45) is 17.8 Å². The van der Waals surface area contributed by atoms with Crippen molar-refractivity contribution in [3.05, 3.63) is 30.3 Å². The molecular formula is C27H39N3O4S. The van der Waals surface area contributed by atoms with E-state index >= 15 is 0 Å². The number of carbonyl (C=O) groups excluding carboxylic acids is 3. The van der Waals surface area contributed by atoms with Crippen LogP contribution in [0.4, 0.5) is 5.69 Å². The van der Waals surface area contributed by atoms with Crippen LogP contribution in [0.15, 0.2) is 30.3 Å². The highest BCUT2D eigenvalue weighted by molar-refractivity contribution is 8.02. The minimum atomic E-state index is -0.685. The fourth-order valence-electron chi connectivity index (χ4n) is 6.44. The average molecular weight is 502 g/mol. The lowest BCUT2D eigenvalue weighted by atomic mass is 9.70. The van der Waals surface area contributed by atoms with Crippen LogP contribution in [0.3, 0.4) is 0 Å². The van der Waals surface area contributed by atoms with E-state index in [1.807, 2.05) is 51.1 Å². The molecule has 1 aromatic rings. The number of rotatable bonds is 10. The Morgan fingerprint density at radius 2 is 1.91 bits per heavy atom. The predicted octanol–water partition coefficient (Wildman–Crippen LogP) is 3.43. The van der Waals surface area contributed by atoms with E-state index in [1.54, 1.807) is 16.7 Å². The molecule has 0 aromatic heterocycles. The molecule has 1 spiro atoms. The fourth-order valence-corrected chi connectivity index (χ4v) is 8.64. The van der Waals surface area contributed by atoms with Crippen molar-refractivity contribution in [3.63, 3.8) is 0 Å². The average Bonchev–Trinajstić information content (AvgIpc) is 3.48. The van der Waals surface area contributed by atoms with Crippen LogP contribution < -0.4 is 10.6 Å². The summed E-state index contributed by atoms with van der Waals surface area (Å²) in [6.07, 6.45) is 4.11. The summed E-state index contributed by atoms with van der Waals surface area (Å²) in [6, 6.07) is 8.16. The largest absolute Gasteiger partial charge is 0.394 e. The smallest absolute Gasteiger partial charge is 0.244 e. The van der Waals surface area contributed by atoms with Crippen molar-refractivity contribution >= 4 is 35.2 Å². The number of fused-ring (bicyclic) bond motifs is 1. The molecule has 2 bridgehead atoms. The second-order valence-corrected chi connectivity index (χ2v) is 12.1. The second-order valence-electron chi connectivity index (χ2n) is 10.5. The Hall–Kier alpha value is -2.06. The molecule has 4 rings (SSSR count). The van der Waals surface area contributed by atoms with Crippen LogP contribution in [-0.2, 0) is 14.4 Å². The Labute approximate surface area is 212 Å². The van der Waals surface area contributed by atoms with Crippen molar-refractivity contribution in [2.75, 3.05) is 11.9 Å². The number of aliphatic hydroxyl groups excluding tert-OH is 1. The highest BCUT2D eigenvalue weighted by atomic mass is 32.2. The molecule has 3 fully saturated rings. The van der Waals surface area contributed by atoms with E-state index in [4.69, 9.17) is 0 Å². The standard InChI is InChI=1S/C27H39N3O4S/c1-5-10-17(4)28-25(33)23-27-14-13-20(35-27)21(24(32)29-18-11-8-7-9-12-18)22(27)26(34)30(23)19(15-31)16(3)6-2/h7-9,11-12,16-17,19-23,31H,5-6,10,13-15H2,1-4H3,(H,28,33)(H,29,32)/t16-,17?,19-,20+,21-,22-,23?,27?/m0/s1. The van der Waals surface area contributed by atoms with Gasteiger partial charge in [-0.3, -0.25) is 14.4 Å². The van der Waals surface area contributed by atoms with Crippen LogP contribution in [0.25, 0.3) is 0 Å². The van der Waals surface area contributed by atoms with Crippen molar-refractivity contribution in [1.29, 1.82) is 0 Å². The molecular weight excluding hydrogens is 462 g/mol. The zero-order valence-corrected chi connectivity index (χ0v) is 22.0. The van der Waals surface area contributed by atoms with E-state index < -0.39 is 28.7 Å². The van der Waals surface area contributed by atoms with Gasteiger partial charge in [0.05, 0.1) is 29.2 Å². The van der Waals surface area contributed by atoms with E-state index in [9.17, 15) is 19.5 Å². The molecule has 8 atom stereocenters. The van der Waals surface area contributed by atoms with Gasteiger partial charge in [-0.05, 0) is 44.2 Å². The van der Waals surface area contributed by atoms with Crippen molar-refractivity contribution in [3.8, 4) is 0 Å². The van der Waals surface area contributed by atoms with Gasteiger partial charge in [-0.1, -0.05) is 51.8 Å². The van der Waals surface area contributed by atoms with E-state index in [0.29, 0.717) is 5.69 Å². The summed E-state index contributed by atoms with van der Waals surface area (Å²) in [5.74, 6) is -1.49. The molecule has 3 saturated heterocycles. The first-order chi connectivity index (χ1) is 16.8. The monoisotopic (exact) mass is 501 g/mol. The Bertz CT molecular complexity index is 944. The molecule has 8 heteroatoms. The SMILES string of the molecule is CCCC(C)NC(=O)C1N([C@@H](CO)[C@@H](C)CC)C(=O)[C@@H]2[C@@H](C(=O)Nc3ccccc3)[C@H]3CCC12S3. The van der Waals surface area contributed by atoms with Crippen LogP contribution >= 0.6 is 11.8 Å². The van der Waals surface area contributed by atoms with Crippen molar-refractivity contribution < 1.29 is 19.5 Å². The van der Waals surface area contributed by atoms with E-state index in [0.717, 1.165) is 32.1 Å². The summed E-state index contributed by atoms with van der Waals surface area (Å²) in [7, 11) is 0. The number of hydrogen-bond acceptors (Lipinski definition) is 5. The van der Waals surface area contributed by atoms with Gasteiger partial charge in [0.1, 0.15) is 6.04 Å². The van der Waals surface area contributed by atoms with E-state index in [-0.39, 0.29) is 41.5 Å². The maximum atomic E-state index is 14.1. The molecule has 3 aliphatic heterocycles. The number of nitrogens with zero attached hydrogens (tertiary/aromatic N) is 1. The lowest BCUT2D eigenvalue weighted by Gasteiger charge is -2.39. The summed E-state index contributed by atoms with van der Waals surface area (Å²) in [5.41, 5.74) is 0.706. The molecule has 0 aliphatic carbocycles. The first-order valence-corrected chi connectivity index (χ1v) is 13.9. The van der Waals surface area contributed by atoms with Gasteiger partial charge in [-0.15, -0.1) is 11.8 Å². The highest BCUT2D eigenvalue weighted by Crippen LogP contribution is 2.66. The molecule has 3 N–H and O–H groups in total. The number of nitrogens with one attached hydrogen (secondary N) is 2. The van der Waals surface area contributed by atoms with Gasteiger partial charge >= 0.3 is 0 Å². The van der Waals surface area contributed by atoms with Crippen LogP contribution in [0, 0.1) is 17.8 Å². The maximum Gasteiger partial charge on any atom is 0.244 e. The molecule has 7 nitrogen and oxygen atoms in total. The number of para-hydroxylation sites is 1.